The summed E-state index contributed by atoms with van der Waals surface area (Å²) in [4.78, 5) is 0. The third-order valence-corrected chi connectivity index (χ3v) is 0. The molecule has 50 valence electrons. The highest BCUT2D eigenvalue weighted by Crippen LogP contribution is 1.59. The lowest BCUT2D eigenvalue weighted by atomic mass is 15.8. The molecule has 6 heavy (non-hydrogen) atoms. The summed E-state index contributed by atoms with van der Waals surface area (Å²) in [6.45, 7) is 0. The second kappa shape index (κ2) is 2.75. The third-order valence-electron chi connectivity index (χ3n) is 0. The normalized spacial score (nSPS) is 9.67. The molecule has 0 aromatic carbocycles. The Morgan fingerprint density at radius 3 is 1.33 bits per heavy atom. The van der Waals surface area contributed by atoms with Crippen molar-refractivity contribution in [2.24, 2.45) is 0 Å². The summed E-state index contributed by atoms with van der Waals surface area (Å²) in [6.07, 6.45) is 0. The monoisotopic (exact) mass is 138 g/mol. The lowest BCUT2D eigenvalue weighted by molar-refractivity contribution is 0.381. The molecule has 6 heteroatoms. The molecule has 0 aliphatic carbocycles. The van der Waals surface area contributed by atoms with E-state index in [2.05, 4.69) is 0 Å². The first-order valence-corrected chi connectivity index (χ1v) is 2.10. The van der Waals surface area contributed by atoms with E-state index in [9.17, 15) is 0 Å². The summed E-state index contributed by atoms with van der Waals surface area (Å²) >= 11 is 0. The molecular weight excluding hydrogens is 120 g/mol. The summed E-state index contributed by atoms with van der Waals surface area (Å²) in [7, 11) is -4.67. The Bertz CT molecular complexity index is 104. The highest BCUT2D eigenvalue weighted by atomic mass is 32.3. The van der Waals surface area contributed by atoms with Crippen LogP contribution in [0.2, 0.25) is 0 Å². The highest BCUT2D eigenvalue weighted by molar-refractivity contribution is 7.79. The number of hydrogen-bond donors (Lipinski definition) is 2. The molecule has 0 saturated heterocycles. The van der Waals surface area contributed by atoms with Crippen LogP contribution < -0.4 is 0 Å². The van der Waals surface area contributed by atoms with Crippen LogP contribution >= 0.6 is 0 Å². The average Bonchev–Trinajstić information content (AvgIpc) is 0.722. The summed E-state index contributed by atoms with van der Waals surface area (Å²) < 4.78 is 31.6. The Balaban J connectivity index is -0.00000000286. The smallest absolute Gasteiger partial charge is 0.264 e. The Labute approximate surface area is 61.7 Å². The maximum absolute atomic E-state index is 8.74. The predicted octanol–water partition coefficient (Wildman–Crippen LogP) is 0.153. The van der Waals surface area contributed by atoms with Crippen LogP contribution in [0.25, 0.3) is 0 Å². The van der Waals surface area contributed by atoms with E-state index < -0.39 is 10.4 Å². The molecule has 0 aromatic rings. The van der Waals surface area contributed by atoms with E-state index in [1.165, 1.54) is 0 Å². The van der Waals surface area contributed by atoms with Crippen molar-refractivity contribution in [3.8, 4) is 0 Å². The van der Waals surface area contributed by atoms with Crippen LogP contribution in [0.5, 0.6) is 0 Å². The Hall–Kier alpha value is 0.636. The molecule has 0 bridgehead atoms. The van der Waals surface area contributed by atoms with E-state index in [1.54, 1.807) is 0 Å². The third kappa shape index (κ3) is 151. The molecule has 0 rings (SSSR count). The largest absolute Gasteiger partial charge is 0.394 e. The van der Waals surface area contributed by atoms with Gasteiger partial charge in [-0.1, -0.05) is 0 Å². The minimum atomic E-state index is -4.67. The van der Waals surface area contributed by atoms with E-state index in [0.29, 0.717) is 0 Å². The van der Waals surface area contributed by atoms with Crippen LogP contribution in [0.3, 0.4) is 0 Å². The van der Waals surface area contributed by atoms with Crippen molar-refractivity contribution in [2.75, 3.05) is 0 Å². The van der Waals surface area contributed by atoms with Gasteiger partial charge in [0.25, 0.3) is 0 Å². The zero-order chi connectivity index (χ0) is 4.50. The van der Waals surface area contributed by atoms with E-state index in [1.807, 2.05) is 0 Å². The van der Waals surface area contributed by atoms with Gasteiger partial charge < -0.3 is 0 Å². The molecule has 0 unspecified atom stereocenters. The van der Waals surface area contributed by atoms with Crippen LogP contribution in [-0.2, 0) is 10.4 Å². The van der Waals surface area contributed by atoms with Crippen molar-refractivity contribution < 1.29 is 27.5 Å². The zero-order valence-corrected chi connectivity index (χ0v) is 2.94. The molecule has 0 aromatic heterocycles. The summed E-state index contributed by atoms with van der Waals surface area (Å²) in [6, 6.07) is 0. The second-order valence-corrected chi connectivity index (χ2v) is 1.34. The van der Waals surface area contributed by atoms with Crippen molar-refractivity contribution in [3.05, 3.63) is 0 Å². The quantitative estimate of drug-likeness (QED) is 0.369. The fourth-order valence-electron chi connectivity index (χ4n) is 0. The topological polar surface area (TPSA) is 74.6 Å². The van der Waals surface area contributed by atoms with Crippen molar-refractivity contribution >= 4 is 33.5 Å². The molecule has 0 amide bonds. The van der Waals surface area contributed by atoms with E-state index in [4.69, 9.17) is 17.5 Å². The Morgan fingerprint density at radius 1 is 1.33 bits per heavy atom. The van der Waals surface area contributed by atoms with Gasteiger partial charge in [0.1, 0.15) is 0 Å². The summed E-state index contributed by atoms with van der Waals surface area (Å²) in [5.74, 6) is 0. The molecule has 0 saturated carbocycles. The van der Waals surface area contributed by atoms with Crippen molar-refractivity contribution in [2.45, 2.75) is 0 Å². The Morgan fingerprint density at radius 2 is 1.33 bits per heavy atom. The molecule has 0 aliphatic heterocycles. The van der Waals surface area contributed by atoms with E-state index >= 15 is 0 Å². The molecule has 0 radical (unpaired) electrons. The minimum Gasteiger partial charge on any atom is -0.264 e. The molecule has 4 nitrogen and oxygen atoms in total. The van der Waals surface area contributed by atoms with Gasteiger partial charge >= 0.3 is 33.5 Å². The standard InChI is InChI=1S/Mg.H2O4S.7H2.2H/c;1-5(2,3)4;;;;;;;;;/h;(H2,1,2,3,4);7*1H;;. The molecular formula is H18MgO4S. The van der Waals surface area contributed by atoms with Gasteiger partial charge in [-0.15, -0.1) is 0 Å². The van der Waals surface area contributed by atoms with E-state index in [0.717, 1.165) is 0 Å². The van der Waals surface area contributed by atoms with Crippen molar-refractivity contribution in [1.29, 1.82) is 0 Å². The van der Waals surface area contributed by atoms with Gasteiger partial charge in [-0.25, -0.2) is 0 Å². The van der Waals surface area contributed by atoms with Crippen molar-refractivity contribution in [3.63, 3.8) is 0 Å². The second-order valence-electron chi connectivity index (χ2n) is 0.448. The maximum Gasteiger partial charge on any atom is 0.394 e. The van der Waals surface area contributed by atoms with Crippen molar-refractivity contribution in [1.82, 2.24) is 0 Å². The van der Waals surface area contributed by atoms with Crippen LogP contribution in [-0.4, -0.2) is 40.6 Å². The highest BCUT2D eigenvalue weighted by Gasteiger charge is 1.84. The summed E-state index contributed by atoms with van der Waals surface area (Å²) in [5.41, 5.74) is 0. The zero-order valence-electron chi connectivity index (χ0n) is 2.12. The molecule has 0 heterocycles. The lowest BCUT2D eigenvalue weighted by Crippen LogP contribution is -1.89. The van der Waals surface area contributed by atoms with Gasteiger partial charge in [0.2, 0.25) is 0 Å². The Kier molecular flexibility index (Phi) is 4.50. The lowest BCUT2D eigenvalue weighted by Gasteiger charge is -1.68. The van der Waals surface area contributed by atoms with Crippen LogP contribution in [0.4, 0.5) is 0 Å². The van der Waals surface area contributed by atoms with Crippen LogP contribution in [0, 0.1) is 0 Å². The predicted molar refractivity (Wildman–Crippen MR) is 37.5 cm³/mol. The van der Waals surface area contributed by atoms with Gasteiger partial charge in [0.15, 0.2) is 0 Å². The first-order chi connectivity index (χ1) is 2.00. The molecule has 0 aliphatic rings. The van der Waals surface area contributed by atoms with Gasteiger partial charge in [0, 0.05) is 9.99 Å². The molecule has 0 atom stereocenters. The number of hydrogen-bond acceptors (Lipinski definition) is 2. The first kappa shape index (κ1) is 9.81. The SMILES string of the molecule is O=S(=O)(O)O.[HH].[HH].[HH].[HH].[HH].[HH].[HH].[MgH2]. The molecule has 2 N–H and O–H groups in total. The number of rotatable bonds is 0. The molecule has 0 fully saturated rings. The van der Waals surface area contributed by atoms with Gasteiger partial charge in [-0.2, -0.15) is 8.42 Å². The minimum absolute atomic E-state index is 0. The van der Waals surface area contributed by atoms with Gasteiger partial charge in [-0.05, 0) is 0 Å². The fourth-order valence-corrected chi connectivity index (χ4v) is 0. The van der Waals surface area contributed by atoms with Crippen LogP contribution in [0.15, 0.2) is 0 Å². The van der Waals surface area contributed by atoms with Crippen LogP contribution in [0.1, 0.15) is 9.99 Å². The average molecular weight is 139 g/mol. The maximum atomic E-state index is 8.74. The van der Waals surface area contributed by atoms with Gasteiger partial charge in [0.05, 0.1) is 0 Å². The fraction of sp³-hybridized carbons (Fsp3) is 0. The van der Waals surface area contributed by atoms with Gasteiger partial charge in [-0.3, -0.25) is 9.11 Å². The molecule has 0 spiro atoms. The van der Waals surface area contributed by atoms with E-state index in [-0.39, 0.29) is 33.0 Å². The first-order valence-electron chi connectivity index (χ1n) is 0.698. The summed E-state index contributed by atoms with van der Waals surface area (Å²) in [5, 5.41) is 0.